The second kappa shape index (κ2) is 9.17. The molecule has 0 aromatic rings. The van der Waals surface area contributed by atoms with Crippen LogP contribution in [0.25, 0.3) is 0 Å². The van der Waals surface area contributed by atoms with Crippen molar-refractivity contribution in [2.45, 2.75) is 64.4 Å². The van der Waals surface area contributed by atoms with Crippen LogP contribution in [0.3, 0.4) is 0 Å². The Kier molecular flexibility index (Phi) is 7.94. The van der Waals surface area contributed by atoms with Crippen LogP contribution in [0.4, 0.5) is 0 Å². The van der Waals surface area contributed by atoms with E-state index in [1.54, 1.807) is 0 Å². The van der Waals surface area contributed by atoms with E-state index in [9.17, 15) is 0 Å². The highest BCUT2D eigenvalue weighted by Crippen LogP contribution is 2.14. The number of hydrogen-bond acceptors (Lipinski definition) is 2. The zero-order valence-electron chi connectivity index (χ0n) is 10.3. The zero-order chi connectivity index (χ0) is 10.8. The lowest BCUT2D eigenvalue weighted by Crippen LogP contribution is -2.25. The van der Waals surface area contributed by atoms with Crippen LogP contribution in [0.1, 0.15) is 58.3 Å². The van der Waals surface area contributed by atoms with Crippen molar-refractivity contribution in [1.82, 2.24) is 5.32 Å². The lowest BCUT2D eigenvalue weighted by atomic mass is 10.1. The first-order valence-corrected chi connectivity index (χ1v) is 6.76. The predicted octanol–water partition coefficient (Wildman–Crippen LogP) is 3.12. The molecule has 0 bridgehead atoms. The Balaban J connectivity index is 1.79. The highest BCUT2D eigenvalue weighted by molar-refractivity contribution is 4.64. The van der Waals surface area contributed by atoms with E-state index in [2.05, 4.69) is 12.2 Å². The van der Waals surface area contributed by atoms with Crippen LogP contribution in [-0.4, -0.2) is 25.8 Å². The third kappa shape index (κ3) is 6.91. The topological polar surface area (TPSA) is 21.3 Å². The molecule has 1 aliphatic heterocycles. The van der Waals surface area contributed by atoms with Crippen molar-refractivity contribution in [3.8, 4) is 0 Å². The van der Waals surface area contributed by atoms with Crippen molar-refractivity contribution in [3.63, 3.8) is 0 Å². The molecule has 0 saturated carbocycles. The van der Waals surface area contributed by atoms with E-state index < -0.39 is 0 Å². The van der Waals surface area contributed by atoms with Gasteiger partial charge in [0.2, 0.25) is 0 Å². The fraction of sp³-hybridized carbons (Fsp3) is 1.00. The normalized spacial score (nSPS) is 21.8. The summed E-state index contributed by atoms with van der Waals surface area (Å²) >= 11 is 0. The fourth-order valence-corrected chi connectivity index (χ4v) is 2.10. The van der Waals surface area contributed by atoms with Gasteiger partial charge in [0, 0.05) is 6.61 Å². The molecule has 0 aliphatic carbocycles. The highest BCUT2D eigenvalue weighted by Gasteiger charge is 2.12. The van der Waals surface area contributed by atoms with Crippen molar-refractivity contribution in [3.05, 3.63) is 0 Å². The van der Waals surface area contributed by atoms with E-state index in [1.807, 2.05) is 0 Å². The van der Waals surface area contributed by atoms with Crippen LogP contribution in [-0.2, 0) is 4.74 Å². The summed E-state index contributed by atoms with van der Waals surface area (Å²) in [7, 11) is 0. The van der Waals surface area contributed by atoms with E-state index in [0.29, 0.717) is 6.10 Å². The van der Waals surface area contributed by atoms with Gasteiger partial charge in [-0.25, -0.2) is 0 Å². The SMILES string of the molecule is CCCCCCNCCC1CCCCO1. The second-order valence-corrected chi connectivity index (χ2v) is 4.59. The first kappa shape index (κ1) is 13.0. The van der Waals surface area contributed by atoms with Gasteiger partial charge in [-0.05, 0) is 45.2 Å². The highest BCUT2D eigenvalue weighted by atomic mass is 16.5. The van der Waals surface area contributed by atoms with Crippen molar-refractivity contribution in [2.75, 3.05) is 19.7 Å². The van der Waals surface area contributed by atoms with E-state index in [1.165, 1.54) is 57.9 Å². The molecule has 1 aliphatic rings. The van der Waals surface area contributed by atoms with Crippen LogP contribution >= 0.6 is 0 Å². The Hall–Kier alpha value is -0.0800. The van der Waals surface area contributed by atoms with Gasteiger partial charge in [0.15, 0.2) is 0 Å². The standard InChI is InChI=1S/C13H27NO/c1-2-3-4-6-10-14-11-9-13-8-5-7-12-15-13/h13-14H,2-12H2,1H3. The van der Waals surface area contributed by atoms with Gasteiger partial charge < -0.3 is 10.1 Å². The van der Waals surface area contributed by atoms with Gasteiger partial charge >= 0.3 is 0 Å². The lowest BCUT2D eigenvalue weighted by Gasteiger charge is -2.22. The molecule has 0 aromatic heterocycles. The molecule has 15 heavy (non-hydrogen) atoms. The molecule has 1 rings (SSSR count). The molecule has 0 radical (unpaired) electrons. The maximum absolute atomic E-state index is 5.68. The summed E-state index contributed by atoms with van der Waals surface area (Å²) < 4.78 is 5.68. The molecule has 1 saturated heterocycles. The summed E-state index contributed by atoms with van der Waals surface area (Å²) in [5.74, 6) is 0. The smallest absolute Gasteiger partial charge is 0.0587 e. The van der Waals surface area contributed by atoms with Crippen molar-refractivity contribution < 1.29 is 4.74 Å². The molecule has 1 N–H and O–H groups in total. The largest absolute Gasteiger partial charge is 0.378 e. The van der Waals surface area contributed by atoms with E-state index >= 15 is 0 Å². The van der Waals surface area contributed by atoms with Crippen molar-refractivity contribution in [2.24, 2.45) is 0 Å². The predicted molar refractivity (Wildman–Crippen MR) is 65.2 cm³/mol. The van der Waals surface area contributed by atoms with Gasteiger partial charge in [0.05, 0.1) is 6.10 Å². The first-order chi connectivity index (χ1) is 7.43. The monoisotopic (exact) mass is 213 g/mol. The van der Waals surface area contributed by atoms with Gasteiger partial charge in [-0.1, -0.05) is 26.2 Å². The minimum Gasteiger partial charge on any atom is -0.378 e. The molecular formula is C13H27NO. The number of rotatable bonds is 8. The molecule has 0 aromatic carbocycles. The number of nitrogens with one attached hydrogen (secondary N) is 1. The minimum atomic E-state index is 0.543. The summed E-state index contributed by atoms with van der Waals surface area (Å²) in [6.45, 7) is 5.57. The zero-order valence-corrected chi connectivity index (χ0v) is 10.3. The fourth-order valence-electron chi connectivity index (χ4n) is 2.10. The van der Waals surface area contributed by atoms with Crippen LogP contribution in [0, 0.1) is 0 Å². The second-order valence-electron chi connectivity index (χ2n) is 4.59. The quantitative estimate of drug-likeness (QED) is 0.626. The molecule has 90 valence electrons. The van der Waals surface area contributed by atoms with Crippen LogP contribution in [0.15, 0.2) is 0 Å². The van der Waals surface area contributed by atoms with E-state index in [0.717, 1.165) is 13.2 Å². The summed E-state index contributed by atoms with van der Waals surface area (Å²) in [4.78, 5) is 0. The third-order valence-corrected chi connectivity index (χ3v) is 3.12. The Bertz CT molecular complexity index is 132. The van der Waals surface area contributed by atoms with E-state index in [4.69, 9.17) is 4.74 Å². The number of unbranched alkanes of at least 4 members (excludes halogenated alkanes) is 3. The van der Waals surface area contributed by atoms with Gasteiger partial charge in [0.25, 0.3) is 0 Å². The Morgan fingerprint density at radius 1 is 1.13 bits per heavy atom. The molecule has 1 fully saturated rings. The molecule has 0 spiro atoms. The molecule has 1 unspecified atom stereocenters. The summed E-state index contributed by atoms with van der Waals surface area (Å²) in [5, 5.41) is 3.51. The first-order valence-electron chi connectivity index (χ1n) is 6.76. The van der Waals surface area contributed by atoms with Gasteiger partial charge in [-0.3, -0.25) is 0 Å². The Morgan fingerprint density at radius 2 is 2.07 bits per heavy atom. The molecular weight excluding hydrogens is 186 g/mol. The van der Waals surface area contributed by atoms with Crippen molar-refractivity contribution >= 4 is 0 Å². The molecule has 1 heterocycles. The van der Waals surface area contributed by atoms with Crippen LogP contribution in [0.2, 0.25) is 0 Å². The van der Waals surface area contributed by atoms with Crippen molar-refractivity contribution in [1.29, 1.82) is 0 Å². The summed E-state index contributed by atoms with van der Waals surface area (Å²) in [5.41, 5.74) is 0. The van der Waals surface area contributed by atoms with Crippen LogP contribution < -0.4 is 5.32 Å². The molecule has 0 amide bonds. The Labute approximate surface area is 94.8 Å². The van der Waals surface area contributed by atoms with Gasteiger partial charge in [-0.2, -0.15) is 0 Å². The van der Waals surface area contributed by atoms with Gasteiger partial charge in [-0.15, -0.1) is 0 Å². The summed E-state index contributed by atoms with van der Waals surface area (Å²) in [6, 6.07) is 0. The van der Waals surface area contributed by atoms with Gasteiger partial charge in [0.1, 0.15) is 0 Å². The summed E-state index contributed by atoms with van der Waals surface area (Å²) in [6.07, 6.45) is 11.1. The number of hydrogen-bond donors (Lipinski definition) is 1. The average Bonchev–Trinajstić information content (AvgIpc) is 2.29. The average molecular weight is 213 g/mol. The third-order valence-electron chi connectivity index (χ3n) is 3.12. The maximum Gasteiger partial charge on any atom is 0.0587 e. The molecule has 2 nitrogen and oxygen atoms in total. The molecule has 2 heteroatoms. The molecule has 1 atom stereocenters. The maximum atomic E-state index is 5.68. The van der Waals surface area contributed by atoms with E-state index in [-0.39, 0.29) is 0 Å². The Morgan fingerprint density at radius 3 is 2.80 bits per heavy atom. The lowest BCUT2D eigenvalue weighted by molar-refractivity contribution is 0.0116. The van der Waals surface area contributed by atoms with Crippen LogP contribution in [0.5, 0.6) is 0 Å². The minimum absolute atomic E-state index is 0.543. The number of ether oxygens (including phenoxy) is 1.